The number of piperidine rings is 1. The molecule has 0 radical (unpaired) electrons. The predicted molar refractivity (Wildman–Crippen MR) is 78.2 cm³/mol. The van der Waals surface area contributed by atoms with E-state index in [0.29, 0.717) is 6.61 Å². The van der Waals surface area contributed by atoms with Gasteiger partial charge in [-0.2, -0.15) is 0 Å². The van der Waals surface area contributed by atoms with Gasteiger partial charge >= 0.3 is 5.97 Å². The number of carbonyl (C=O) groups excluding carboxylic acids is 1. The summed E-state index contributed by atoms with van der Waals surface area (Å²) in [5, 5.41) is 0. The van der Waals surface area contributed by atoms with E-state index in [2.05, 4.69) is 31.9 Å². The number of hydrogen-bond donors (Lipinski definition) is 0. The van der Waals surface area contributed by atoms with Crippen molar-refractivity contribution in [2.75, 3.05) is 24.6 Å². The minimum atomic E-state index is -0.0573. The Bertz CT molecular complexity index is 457. The zero-order valence-electron chi connectivity index (χ0n) is 11.4. The summed E-state index contributed by atoms with van der Waals surface area (Å²) in [6.45, 7) is 6.02. The first-order valence-corrected chi connectivity index (χ1v) is 7.45. The lowest BCUT2D eigenvalue weighted by Gasteiger charge is -2.32. The number of nitrogens with zero attached hydrogens (tertiary/aromatic N) is 2. The molecule has 0 atom stereocenters. The Labute approximate surface area is 122 Å². The molecule has 104 valence electrons. The normalized spacial score (nSPS) is 16.5. The second-order valence-corrected chi connectivity index (χ2v) is 5.69. The molecule has 0 aromatic carbocycles. The Morgan fingerprint density at radius 2 is 2.21 bits per heavy atom. The van der Waals surface area contributed by atoms with E-state index in [-0.39, 0.29) is 11.9 Å². The van der Waals surface area contributed by atoms with Gasteiger partial charge in [0.15, 0.2) is 0 Å². The standard InChI is InChI=1S/C14H19BrN2O2/c1-3-19-14(18)11-4-6-17(7-5-11)13-12(15)8-10(2)9-16-13/h8-9,11H,3-7H2,1-2H3. The number of anilines is 1. The molecule has 0 N–H and O–H groups in total. The van der Waals surface area contributed by atoms with Gasteiger partial charge in [0, 0.05) is 19.3 Å². The summed E-state index contributed by atoms with van der Waals surface area (Å²) in [6, 6.07) is 2.07. The Morgan fingerprint density at radius 1 is 1.53 bits per heavy atom. The Morgan fingerprint density at radius 3 is 2.79 bits per heavy atom. The summed E-state index contributed by atoms with van der Waals surface area (Å²) < 4.78 is 6.10. The van der Waals surface area contributed by atoms with E-state index in [4.69, 9.17) is 4.74 Å². The highest BCUT2D eigenvalue weighted by Crippen LogP contribution is 2.28. The molecule has 2 rings (SSSR count). The minimum Gasteiger partial charge on any atom is -0.466 e. The van der Waals surface area contributed by atoms with Crippen molar-refractivity contribution in [2.24, 2.45) is 5.92 Å². The van der Waals surface area contributed by atoms with Gasteiger partial charge in [-0.1, -0.05) is 0 Å². The monoisotopic (exact) mass is 326 g/mol. The third-order valence-electron chi connectivity index (χ3n) is 3.37. The lowest BCUT2D eigenvalue weighted by atomic mass is 9.97. The number of esters is 1. The molecule has 5 heteroatoms. The minimum absolute atomic E-state index is 0.0421. The van der Waals surface area contributed by atoms with Gasteiger partial charge in [0.25, 0.3) is 0 Å². The van der Waals surface area contributed by atoms with Crippen LogP contribution >= 0.6 is 15.9 Å². The topological polar surface area (TPSA) is 42.4 Å². The highest BCUT2D eigenvalue weighted by atomic mass is 79.9. The van der Waals surface area contributed by atoms with Crippen molar-refractivity contribution in [2.45, 2.75) is 26.7 Å². The van der Waals surface area contributed by atoms with E-state index >= 15 is 0 Å². The van der Waals surface area contributed by atoms with Crippen molar-refractivity contribution >= 4 is 27.7 Å². The zero-order chi connectivity index (χ0) is 13.8. The summed E-state index contributed by atoms with van der Waals surface area (Å²) in [6.07, 6.45) is 3.54. The number of hydrogen-bond acceptors (Lipinski definition) is 4. The largest absolute Gasteiger partial charge is 0.466 e. The molecule has 2 heterocycles. The Hall–Kier alpha value is -1.10. The number of aryl methyl sites for hydroxylation is 1. The summed E-state index contributed by atoms with van der Waals surface area (Å²) in [5.41, 5.74) is 1.14. The first kappa shape index (κ1) is 14.3. The van der Waals surface area contributed by atoms with Gasteiger partial charge < -0.3 is 9.64 Å². The molecule has 0 aliphatic carbocycles. The van der Waals surface area contributed by atoms with Crippen molar-refractivity contribution in [3.63, 3.8) is 0 Å². The van der Waals surface area contributed by atoms with Crippen molar-refractivity contribution in [3.05, 3.63) is 22.3 Å². The maximum absolute atomic E-state index is 11.7. The fraction of sp³-hybridized carbons (Fsp3) is 0.571. The molecule has 0 bridgehead atoms. The highest BCUT2D eigenvalue weighted by molar-refractivity contribution is 9.10. The maximum Gasteiger partial charge on any atom is 0.309 e. The molecule has 4 nitrogen and oxygen atoms in total. The fourth-order valence-corrected chi connectivity index (χ4v) is 3.06. The van der Waals surface area contributed by atoms with Gasteiger partial charge in [-0.05, 0) is 54.2 Å². The molecule has 19 heavy (non-hydrogen) atoms. The third kappa shape index (κ3) is 3.47. The van der Waals surface area contributed by atoms with E-state index in [1.807, 2.05) is 20.0 Å². The lowest BCUT2D eigenvalue weighted by Crippen LogP contribution is -2.37. The summed E-state index contributed by atoms with van der Waals surface area (Å²) in [4.78, 5) is 18.4. The van der Waals surface area contributed by atoms with Gasteiger partial charge in [-0.25, -0.2) is 4.98 Å². The molecule has 0 spiro atoms. The Balaban J connectivity index is 1.98. The van der Waals surface area contributed by atoms with Crippen LogP contribution in [0, 0.1) is 12.8 Å². The van der Waals surface area contributed by atoms with E-state index in [1.54, 1.807) is 0 Å². The van der Waals surface area contributed by atoms with Crippen LogP contribution < -0.4 is 4.90 Å². The molecule has 1 fully saturated rings. The number of ether oxygens (including phenoxy) is 1. The van der Waals surface area contributed by atoms with Crippen LogP contribution in [0.25, 0.3) is 0 Å². The van der Waals surface area contributed by atoms with E-state index in [0.717, 1.165) is 41.8 Å². The summed E-state index contributed by atoms with van der Waals surface area (Å²) in [5.74, 6) is 0.950. The van der Waals surface area contributed by atoms with Crippen LogP contribution in [0.5, 0.6) is 0 Å². The average molecular weight is 327 g/mol. The summed E-state index contributed by atoms with van der Waals surface area (Å²) in [7, 11) is 0. The molecule has 1 aliphatic heterocycles. The van der Waals surface area contributed by atoms with Gasteiger partial charge in [-0.3, -0.25) is 4.79 Å². The number of pyridine rings is 1. The summed E-state index contributed by atoms with van der Waals surface area (Å²) >= 11 is 3.56. The molecule has 0 unspecified atom stereocenters. The fourth-order valence-electron chi connectivity index (χ4n) is 2.35. The van der Waals surface area contributed by atoms with Crippen LogP contribution in [0.1, 0.15) is 25.3 Å². The predicted octanol–water partition coefficient (Wildman–Crippen LogP) is 2.93. The number of rotatable bonds is 3. The van der Waals surface area contributed by atoms with Gasteiger partial charge in [-0.15, -0.1) is 0 Å². The second kappa shape index (κ2) is 6.37. The lowest BCUT2D eigenvalue weighted by molar-refractivity contribution is -0.148. The highest BCUT2D eigenvalue weighted by Gasteiger charge is 2.27. The van der Waals surface area contributed by atoms with Crippen molar-refractivity contribution in [1.29, 1.82) is 0 Å². The van der Waals surface area contributed by atoms with Crippen LogP contribution in [-0.4, -0.2) is 30.6 Å². The maximum atomic E-state index is 11.7. The molecule has 1 aromatic rings. The van der Waals surface area contributed by atoms with Crippen LogP contribution in [0.4, 0.5) is 5.82 Å². The second-order valence-electron chi connectivity index (χ2n) is 4.83. The number of carbonyl (C=O) groups is 1. The first-order chi connectivity index (χ1) is 9.11. The van der Waals surface area contributed by atoms with Crippen LogP contribution in [0.3, 0.4) is 0 Å². The van der Waals surface area contributed by atoms with Crippen LogP contribution in [0.2, 0.25) is 0 Å². The molecular weight excluding hydrogens is 308 g/mol. The molecule has 0 amide bonds. The third-order valence-corrected chi connectivity index (χ3v) is 3.96. The van der Waals surface area contributed by atoms with E-state index in [9.17, 15) is 4.79 Å². The average Bonchev–Trinajstić information content (AvgIpc) is 2.39. The SMILES string of the molecule is CCOC(=O)C1CCN(c2ncc(C)cc2Br)CC1. The molecular formula is C14H19BrN2O2. The van der Waals surface area contributed by atoms with Crippen LogP contribution in [-0.2, 0) is 9.53 Å². The van der Waals surface area contributed by atoms with Crippen molar-refractivity contribution < 1.29 is 9.53 Å². The van der Waals surface area contributed by atoms with Crippen molar-refractivity contribution in [1.82, 2.24) is 4.98 Å². The molecule has 0 saturated carbocycles. The van der Waals surface area contributed by atoms with Crippen LogP contribution in [0.15, 0.2) is 16.7 Å². The van der Waals surface area contributed by atoms with Gasteiger partial charge in [0.1, 0.15) is 5.82 Å². The molecule has 1 aromatic heterocycles. The van der Waals surface area contributed by atoms with Gasteiger partial charge in [0.05, 0.1) is 17.0 Å². The zero-order valence-corrected chi connectivity index (χ0v) is 12.9. The quantitative estimate of drug-likeness (QED) is 0.801. The Kier molecular flexibility index (Phi) is 4.80. The smallest absolute Gasteiger partial charge is 0.309 e. The van der Waals surface area contributed by atoms with E-state index < -0.39 is 0 Å². The number of aromatic nitrogens is 1. The van der Waals surface area contributed by atoms with Crippen molar-refractivity contribution in [3.8, 4) is 0 Å². The molecule has 1 saturated heterocycles. The first-order valence-electron chi connectivity index (χ1n) is 6.65. The van der Waals surface area contributed by atoms with Gasteiger partial charge in [0.2, 0.25) is 0 Å². The van der Waals surface area contributed by atoms with E-state index in [1.165, 1.54) is 0 Å². The molecule has 1 aliphatic rings. The number of halogens is 1.